The average Bonchev–Trinajstić information content (AvgIpc) is 2.76. The van der Waals surface area contributed by atoms with E-state index in [9.17, 15) is 24.9 Å². The third-order valence-corrected chi connectivity index (χ3v) is 3.33. The number of hydrogen-bond acceptors (Lipinski definition) is 12. The number of aliphatic hydroxyl groups is 4. The molecule has 0 saturated heterocycles. The highest BCUT2D eigenvalue weighted by Crippen LogP contribution is 2.07. The number of carbonyl (C=O) groups is 2. The highest BCUT2D eigenvalue weighted by molar-refractivity contribution is 5.82. The van der Waals surface area contributed by atoms with Crippen LogP contribution in [0.4, 0.5) is 0 Å². The van der Waals surface area contributed by atoms with Crippen LogP contribution >= 0.6 is 0 Å². The van der Waals surface area contributed by atoms with Gasteiger partial charge >= 0.3 is 11.9 Å². The second-order valence-electron chi connectivity index (χ2n) is 6.20. The zero-order valence-corrected chi connectivity index (χ0v) is 18.3. The standard InChI is InChI=1S/C20H34O12/c1-3-5-17(24)29-11-15(22)13-31-19(26)20(28-10-9-27-8-7-21)32-14-16(23)12-30-18(25)6-4-2/h3-6,15-16,19-23,26H,7-14H2,1-2H3. The van der Waals surface area contributed by atoms with Gasteiger partial charge in [0.25, 0.3) is 0 Å². The topological polar surface area (TPSA) is 170 Å². The minimum Gasteiger partial charge on any atom is -0.460 e. The molecule has 0 radical (unpaired) electrons. The lowest BCUT2D eigenvalue weighted by Crippen LogP contribution is -2.39. The van der Waals surface area contributed by atoms with E-state index >= 15 is 0 Å². The van der Waals surface area contributed by atoms with E-state index in [1.54, 1.807) is 13.8 Å². The number of aliphatic hydroxyl groups excluding tert-OH is 4. The summed E-state index contributed by atoms with van der Waals surface area (Å²) >= 11 is 0. The van der Waals surface area contributed by atoms with Gasteiger partial charge in [-0.15, -0.1) is 0 Å². The number of carbonyl (C=O) groups excluding carboxylic acids is 2. The van der Waals surface area contributed by atoms with E-state index in [0.717, 1.165) is 0 Å². The van der Waals surface area contributed by atoms with Gasteiger partial charge in [-0.25, -0.2) is 9.59 Å². The van der Waals surface area contributed by atoms with Crippen molar-refractivity contribution in [1.82, 2.24) is 0 Å². The van der Waals surface area contributed by atoms with Crippen molar-refractivity contribution < 1.29 is 58.4 Å². The largest absolute Gasteiger partial charge is 0.460 e. The number of esters is 2. The van der Waals surface area contributed by atoms with E-state index in [1.165, 1.54) is 24.3 Å². The van der Waals surface area contributed by atoms with Crippen LogP contribution in [0.5, 0.6) is 0 Å². The van der Waals surface area contributed by atoms with Crippen molar-refractivity contribution in [1.29, 1.82) is 0 Å². The highest BCUT2D eigenvalue weighted by Gasteiger charge is 2.24. The van der Waals surface area contributed by atoms with Crippen LogP contribution in [0, 0.1) is 0 Å². The van der Waals surface area contributed by atoms with Gasteiger partial charge in [0.2, 0.25) is 12.6 Å². The molecular formula is C20H34O12. The lowest BCUT2D eigenvalue weighted by atomic mass is 10.4. The van der Waals surface area contributed by atoms with Crippen LogP contribution < -0.4 is 0 Å². The van der Waals surface area contributed by atoms with E-state index < -0.39 is 43.3 Å². The van der Waals surface area contributed by atoms with Gasteiger partial charge in [0.05, 0.1) is 39.6 Å². The van der Waals surface area contributed by atoms with Gasteiger partial charge < -0.3 is 48.8 Å². The van der Waals surface area contributed by atoms with Crippen molar-refractivity contribution in [2.24, 2.45) is 0 Å². The fourth-order valence-corrected chi connectivity index (χ4v) is 1.92. The molecule has 0 aromatic carbocycles. The molecule has 0 rings (SSSR count). The molecule has 0 fully saturated rings. The van der Waals surface area contributed by atoms with Crippen LogP contribution in [0.15, 0.2) is 24.3 Å². The van der Waals surface area contributed by atoms with Crippen LogP contribution in [-0.2, 0) is 38.0 Å². The predicted molar refractivity (Wildman–Crippen MR) is 109 cm³/mol. The Bertz CT molecular complexity index is 551. The number of ether oxygens (including phenoxy) is 6. The fraction of sp³-hybridized carbons (Fsp3) is 0.700. The summed E-state index contributed by atoms with van der Waals surface area (Å²) in [5.74, 6) is -1.27. The van der Waals surface area contributed by atoms with Gasteiger partial charge in [-0.1, -0.05) is 12.2 Å². The molecule has 0 aliphatic carbocycles. The molecular weight excluding hydrogens is 432 g/mol. The average molecular weight is 466 g/mol. The first-order valence-electron chi connectivity index (χ1n) is 10.0. The molecule has 0 bridgehead atoms. The third-order valence-electron chi connectivity index (χ3n) is 3.33. The minimum absolute atomic E-state index is 0.0407. The number of rotatable bonds is 19. The van der Waals surface area contributed by atoms with E-state index in [-0.39, 0.29) is 46.2 Å². The van der Waals surface area contributed by atoms with E-state index in [4.69, 9.17) is 33.5 Å². The predicted octanol–water partition coefficient (Wildman–Crippen LogP) is -1.35. The van der Waals surface area contributed by atoms with Crippen LogP contribution in [-0.4, -0.2) is 110 Å². The van der Waals surface area contributed by atoms with E-state index in [2.05, 4.69) is 0 Å². The molecule has 0 spiro atoms. The normalized spacial score (nSPS) is 15.6. The van der Waals surface area contributed by atoms with Gasteiger partial charge in [0.1, 0.15) is 25.4 Å². The third kappa shape index (κ3) is 16.8. The molecule has 0 aliphatic heterocycles. The summed E-state index contributed by atoms with van der Waals surface area (Å²) in [6, 6.07) is 0. The molecule has 186 valence electrons. The van der Waals surface area contributed by atoms with Crippen molar-refractivity contribution in [3.63, 3.8) is 0 Å². The van der Waals surface area contributed by atoms with E-state index in [0.29, 0.717) is 0 Å². The summed E-state index contributed by atoms with van der Waals surface area (Å²) in [5.41, 5.74) is 0. The molecule has 32 heavy (non-hydrogen) atoms. The molecule has 0 amide bonds. The molecule has 0 heterocycles. The van der Waals surface area contributed by atoms with Gasteiger partial charge in [0, 0.05) is 12.2 Å². The maximum absolute atomic E-state index is 11.3. The molecule has 4 unspecified atom stereocenters. The smallest absolute Gasteiger partial charge is 0.330 e. The van der Waals surface area contributed by atoms with Crippen LogP contribution in [0.25, 0.3) is 0 Å². The lowest BCUT2D eigenvalue weighted by Gasteiger charge is -2.25. The highest BCUT2D eigenvalue weighted by atomic mass is 16.7. The van der Waals surface area contributed by atoms with Gasteiger partial charge in [0.15, 0.2) is 0 Å². The second kappa shape index (κ2) is 19.8. The van der Waals surface area contributed by atoms with Crippen molar-refractivity contribution in [3.8, 4) is 0 Å². The van der Waals surface area contributed by atoms with Gasteiger partial charge in [-0.2, -0.15) is 0 Å². The Labute approximate surface area is 186 Å². The van der Waals surface area contributed by atoms with Crippen LogP contribution in [0.2, 0.25) is 0 Å². The zero-order chi connectivity index (χ0) is 24.2. The first kappa shape index (κ1) is 30.1. The minimum atomic E-state index is -1.67. The maximum atomic E-state index is 11.3. The summed E-state index contributed by atoms with van der Waals surface area (Å²) in [6.45, 7) is 1.78. The molecule has 12 heteroatoms. The monoisotopic (exact) mass is 466 g/mol. The van der Waals surface area contributed by atoms with Crippen molar-refractivity contribution in [2.75, 3.05) is 52.9 Å². The molecule has 0 aromatic rings. The zero-order valence-electron chi connectivity index (χ0n) is 18.3. The van der Waals surface area contributed by atoms with Crippen LogP contribution in [0.3, 0.4) is 0 Å². The summed E-state index contributed by atoms with van der Waals surface area (Å²) in [5, 5.41) is 38.5. The Balaban J connectivity index is 4.54. The molecule has 4 N–H and O–H groups in total. The van der Waals surface area contributed by atoms with Crippen LogP contribution in [0.1, 0.15) is 13.8 Å². The van der Waals surface area contributed by atoms with Crippen molar-refractivity contribution in [2.45, 2.75) is 38.6 Å². The molecule has 12 nitrogen and oxygen atoms in total. The molecule has 0 aliphatic rings. The first-order valence-corrected chi connectivity index (χ1v) is 10.0. The summed E-state index contributed by atoms with van der Waals surface area (Å²) in [4.78, 5) is 22.5. The van der Waals surface area contributed by atoms with Crippen molar-refractivity contribution >= 4 is 11.9 Å². The first-order chi connectivity index (χ1) is 15.3. The Morgan fingerprint density at radius 2 is 1.28 bits per heavy atom. The molecule has 0 aromatic heterocycles. The molecule has 0 saturated carbocycles. The van der Waals surface area contributed by atoms with Gasteiger partial charge in [-0.05, 0) is 13.8 Å². The Hall–Kier alpha value is -1.90. The number of hydrogen-bond donors (Lipinski definition) is 4. The van der Waals surface area contributed by atoms with Crippen molar-refractivity contribution in [3.05, 3.63) is 24.3 Å². The quantitative estimate of drug-likeness (QED) is 0.0765. The maximum Gasteiger partial charge on any atom is 0.330 e. The van der Waals surface area contributed by atoms with E-state index in [1.807, 2.05) is 0 Å². The Kier molecular flexibility index (Phi) is 18.6. The SMILES string of the molecule is CC=CC(=O)OCC(O)COC(O)C(OCCOCCO)OCC(O)COC(=O)C=CC. The second-order valence-corrected chi connectivity index (χ2v) is 6.20. The summed E-state index contributed by atoms with van der Waals surface area (Å²) in [7, 11) is 0. The Morgan fingerprint density at radius 1 is 0.750 bits per heavy atom. The summed E-state index contributed by atoms with van der Waals surface area (Å²) < 4.78 is 30.3. The lowest BCUT2D eigenvalue weighted by molar-refractivity contribution is -0.282. The fourth-order valence-electron chi connectivity index (χ4n) is 1.92. The molecule has 4 atom stereocenters. The Morgan fingerprint density at radius 3 is 1.78 bits per heavy atom. The summed E-state index contributed by atoms with van der Waals surface area (Å²) in [6.07, 6.45) is -0.150. The number of allylic oxidation sites excluding steroid dienone is 2. The van der Waals surface area contributed by atoms with Gasteiger partial charge in [-0.3, -0.25) is 0 Å².